The molecule has 29 heavy (non-hydrogen) atoms. The summed E-state index contributed by atoms with van der Waals surface area (Å²) >= 11 is 4.25. The standard InChI is InChI=1S/2C11H7IO2.Zn/c2*12-9-6-2-4-7-3-1-5-8(10(7)9)11(13)14;/h2*1-6H,(H,13,14);/q;;+2/p-2. The van der Waals surface area contributed by atoms with Gasteiger partial charge in [0.25, 0.3) is 0 Å². The fourth-order valence-electron chi connectivity index (χ4n) is 2.93. The van der Waals surface area contributed by atoms with Gasteiger partial charge in [0.2, 0.25) is 0 Å². The van der Waals surface area contributed by atoms with Crippen LogP contribution in [0.2, 0.25) is 0 Å². The zero-order valence-electron chi connectivity index (χ0n) is 15.0. The minimum atomic E-state index is -1.13. The molecule has 4 nitrogen and oxygen atoms in total. The summed E-state index contributed by atoms with van der Waals surface area (Å²) in [7, 11) is 0. The van der Waals surface area contributed by atoms with Crippen molar-refractivity contribution in [2.45, 2.75) is 0 Å². The molecule has 0 heterocycles. The Morgan fingerprint density at radius 3 is 1.21 bits per heavy atom. The van der Waals surface area contributed by atoms with Crippen molar-refractivity contribution in [3.8, 4) is 0 Å². The minimum Gasteiger partial charge on any atom is -0.545 e. The van der Waals surface area contributed by atoms with Gasteiger partial charge in [-0.1, -0.05) is 60.7 Å². The number of carbonyl (C=O) groups excluding carboxylic acids is 2. The molecule has 0 amide bonds. The van der Waals surface area contributed by atoms with Crippen LogP contribution < -0.4 is 10.2 Å². The van der Waals surface area contributed by atoms with E-state index in [-0.39, 0.29) is 30.6 Å². The van der Waals surface area contributed by atoms with Crippen LogP contribution in [0.4, 0.5) is 0 Å². The number of hydrogen-bond donors (Lipinski definition) is 0. The average Bonchev–Trinajstić information content (AvgIpc) is 2.68. The predicted octanol–water partition coefficient (Wildman–Crippen LogP) is 3.61. The number of carbonyl (C=O) groups is 2. The van der Waals surface area contributed by atoms with Crippen molar-refractivity contribution in [1.82, 2.24) is 0 Å². The Balaban J connectivity index is 0.000000200. The first-order valence-electron chi connectivity index (χ1n) is 8.17. The molecule has 0 N–H and O–H groups in total. The normalized spacial score (nSPS) is 10.0. The molecule has 140 valence electrons. The summed E-state index contributed by atoms with van der Waals surface area (Å²) in [6, 6.07) is 21.7. The Hall–Kier alpha value is -1.58. The van der Waals surface area contributed by atoms with Gasteiger partial charge in [0.1, 0.15) is 0 Å². The van der Waals surface area contributed by atoms with Gasteiger partial charge in [0.05, 0.1) is 11.9 Å². The van der Waals surface area contributed by atoms with Gasteiger partial charge in [-0.05, 0) is 68.1 Å². The number of aromatic carboxylic acids is 2. The Morgan fingerprint density at radius 2 is 0.897 bits per heavy atom. The molecule has 4 aromatic rings. The Morgan fingerprint density at radius 1 is 0.586 bits per heavy atom. The molecule has 0 spiro atoms. The molecule has 0 fully saturated rings. The Kier molecular flexibility index (Phi) is 8.54. The molecule has 0 atom stereocenters. The predicted molar refractivity (Wildman–Crippen MR) is 122 cm³/mol. The number of rotatable bonds is 2. The number of carboxylic acid groups (broad SMARTS) is 2. The van der Waals surface area contributed by atoms with Crippen LogP contribution in [-0.2, 0) is 19.5 Å². The van der Waals surface area contributed by atoms with E-state index in [2.05, 4.69) is 45.2 Å². The van der Waals surface area contributed by atoms with Crippen LogP contribution in [0.5, 0.6) is 0 Å². The number of hydrogen-bond acceptors (Lipinski definition) is 4. The molecular formula is C22H12I2O4Zn. The SMILES string of the molecule is O=C([O-])c1cccc2cccc(I)c12.O=C([O-])c1cccc2cccc(I)c12.[Zn+2]. The third-order valence-corrected chi connectivity index (χ3v) is 5.95. The topological polar surface area (TPSA) is 80.3 Å². The first-order valence-corrected chi connectivity index (χ1v) is 10.3. The molecule has 0 saturated carbocycles. The van der Waals surface area contributed by atoms with Gasteiger partial charge in [0, 0.05) is 29.0 Å². The molecular weight excluding hydrogens is 647 g/mol. The zero-order valence-corrected chi connectivity index (χ0v) is 22.3. The summed E-state index contributed by atoms with van der Waals surface area (Å²) in [5.74, 6) is -2.25. The van der Waals surface area contributed by atoms with Crippen molar-refractivity contribution >= 4 is 78.7 Å². The Bertz CT molecular complexity index is 1100. The van der Waals surface area contributed by atoms with Crippen LogP contribution in [0, 0.1) is 7.14 Å². The van der Waals surface area contributed by atoms with E-state index in [1.54, 1.807) is 24.3 Å². The van der Waals surface area contributed by atoms with Gasteiger partial charge in [-0.15, -0.1) is 0 Å². The van der Waals surface area contributed by atoms with Gasteiger partial charge < -0.3 is 19.8 Å². The minimum absolute atomic E-state index is 0. The smallest absolute Gasteiger partial charge is 0.545 e. The van der Waals surface area contributed by atoms with E-state index < -0.39 is 11.9 Å². The van der Waals surface area contributed by atoms with Gasteiger partial charge in [-0.25, -0.2) is 0 Å². The van der Waals surface area contributed by atoms with Crippen molar-refractivity contribution in [3.05, 3.63) is 91.1 Å². The van der Waals surface area contributed by atoms with Crippen molar-refractivity contribution in [2.24, 2.45) is 0 Å². The van der Waals surface area contributed by atoms with E-state index >= 15 is 0 Å². The molecule has 0 aliphatic carbocycles. The van der Waals surface area contributed by atoms with E-state index in [4.69, 9.17) is 0 Å². The van der Waals surface area contributed by atoms with Gasteiger partial charge in [-0.2, -0.15) is 0 Å². The van der Waals surface area contributed by atoms with Crippen molar-refractivity contribution in [3.63, 3.8) is 0 Å². The maximum Gasteiger partial charge on any atom is 2.00 e. The van der Waals surface area contributed by atoms with E-state index in [9.17, 15) is 19.8 Å². The van der Waals surface area contributed by atoms with Gasteiger partial charge in [-0.3, -0.25) is 0 Å². The maximum atomic E-state index is 10.9. The summed E-state index contributed by atoms with van der Waals surface area (Å²) in [4.78, 5) is 21.7. The van der Waals surface area contributed by atoms with Gasteiger partial charge >= 0.3 is 19.5 Å². The summed E-state index contributed by atoms with van der Waals surface area (Å²) < 4.78 is 1.86. The van der Waals surface area contributed by atoms with Crippen molar-refractivity contribution in [1.29, 1.82) is 0 Å². The summed E-state index contributed by atoms with van der Waals surface area (Å²) in [5, 5.41) is 25.1. The second kappa shape index (κ2) is 10.5. The van der Waals surface area contributed by atoms with Crippen LogP contribution in [0.3, 0.4) is 0 Å². The summed E-state index contributed by atoms with van der Waals surface area (Å²) in [6.07, 6.45) is 0. The number of benzene rings is 4. The fourth-order valence-corrected chi connectivity index (χ4v) is 4.55. The zero-order chi connectivity index (χ0) is 20.3. The summed E-state index contributed by atoms with van der Waals surface area (Å²) in [5.41, 5.74) is 0.514. The van der Waals surface area contributed by atoms with Crippen LogP contribution in [0.25, 0.3) is 21.5 Å². The van der Waals surface area contributed by atoms with E-state index in [1.807, 2.05) is 48.5 Å². The van der Waals surface area contributed by atoms with E-state index in [0.717, 1.165) is 28.7 Å². The van der Waals surface area contributed by atoms with Crippen LogP contribution in [-0.4, -0.2) is 11.9 Å². The first-order chi connectivity index (χ1) is 13.4. The van der Waals surface area contributed by atoms with E-state index in [1.165, 1.54) is 0 Å². The second-order valence-corrected chi connectivity index (χ2v) is 8.19. The Labute approximate surface area is 207 Å². The van der Waals surface area contributed by atoms with Gasteiger partial charge in [0.15, 0.2) is 0 Å². The number of fused-ring (bicyclic) bond motifs is 2. The second-order valence-electron chi connectivity index (χ2n) is 5.86. The molecule has 7 heteroatoms. The molecule has 4 aromatic carbocycles. The number of carboxylic acids is 2. The molecule has 0 aromatic heterocycles. The molecule has 0 unspecified atom stereocenters. The third-order valence-electron chi connectivity index (χ3n) is 4.15. The molecule has 4 rings (SSSR count). The van der Waals surface area contributed by atoms with Crippen LogP contribution >= 0.6 is 45.2 Å². The van der Waals surface area contributed by atoms with Crippen LogP contribution in [0.15, 0.2) is 72.8 Å². The first kappa shape index (κ1) is 23.7. The fraction of sp³-hybridized carbons (Fsp3) is 0. The molecule has 0 radical (unpaired) electrons. The van der Waals surface area contributed by atoms with Crippen LogP contribution in [0.1, 0.15) is 20.7 Å². The summed E-state index contributed by atoms with van der Waals surface area (Å²) in [6.45, 7) is 0. The third kappa shape index (κ3) is 5.32. The molecule has 0 aliphatic heterocycles. The molecule has 0 saturated heterocycles. The molecule has 0 aliphatic rings. The van der Waals surface area contributed by atoms with Crippen molar-refractivity contribution < 1.29 is 39.3 Å². The van der Waals surface area contributed by atoms with Crippen molar-refractivity contribution in [2.75, 3.05) is 0 Å². The quantitative estimate of drug-likeness (QED) is 0.244. The average molecular weight is 660 g/mol. The largest absolute Gasteiger partial charge is 2.00 e. The van der Waals surface area contributed by atoms with E-state index in [0.29, 0.717) is 0 Å². The maximum absolute atomic E-state index is 10.9. The molecule has 0 bridgehead atoms. The monoisotopic (exact) mass is 658 g/mol. The number of halogens is 2.